The molecule has 22 heavy (non-hydrogen) atoms. The van der Waals surface area contributed by atoms with Gasteiger partial charge < -0.3 is 9.47 Å². The van der Waals surface area contributed by atoms with Crippen LogP contribution in [0, 0.1) is 11.3 Å². The largest absolute Gasteiger partial charge is 0.486 e. The van der Waals surface area contributed by atoms with Gasteiger partial charge in [-0.25, -0.2) is 0 Å². The highest BCUT2D eigenvalue weighted by atomic mass is 32.1. The molecule has 6 nitrogen and oxygen atoms in total. The molecule has 0 bridgehead atoms. The van der Waals surface area contributed by atoms with E-state index < -0.39 is 0 Å². The van der Waals surface area contributed by atoms with Crippen LogP contribution in [-0.2, 0) is 0 Å². The van der Waals surface area contributed by atoms with Crippen molar-refractivity contribution in [3.05, 3.63) is 36.0 Å². The first-order chi connectivity index (χ1) is 10.8. The van der Waals surface area contributed by atoms with Crippen molar-refractivity contribution in [2.75, 3.05) is 13.2 Å². The second-order valence-electron chi connectivity index (χ2n) is 4.65. The van der Waals surface area contributed by atoms with Crippen molar-refractivity contribution < 1.29 is 9.47 Å². The Balaban J connectivity index is 1.71. The molecule has 0 saturated carbocycles. The number of hydrogen-bond acceptors (Lipinski definition) is 6. The van der Waals surface area contributed by atoms with Gasteiger partial charge in [0.1, 0.15) is 25.0 Å². The number of fused-ring (bicyclic) bond motifs is 1. The van der Waals surface area contributed by atoms with Crippen LogP contribution in [-0.4, -0.2) is 28.6 Å². The third kappa shape index (κ3) is 2.10. The van der Waals surface area contributed by atoms with Crippen LogP contribution in [0.15, 0.2) is 30.3 Å². The van der Waals surface area contributed by atoms with Crippen LogP contribution < -0.4 is 9.47 Å². The number of thiophene rings is 1. The Bertz CT molecular complexity index is 878. The molecule has 1 aliphatic heterocycles. The van der Waals surface area contributed by atoms with Gasteiger partial charge in [-0.05, 0) is 35.9 Å². The van der Waals surface area contributed by atoms with E-state index in [9.17, 15) is 0 Å². The molecule has 0 unspecified atom stereocenters. The summed E-state index contributed by atoms with van der Waals surface area (Å²) in [7, 11) is 0. The minimum absolute atomic E-state index is 0.301. The molecule has 0 aliphatic carbocycles. The van der Waals surface area contributed by atoms with Crippen LogP contribution in [0.4, 0.5) is 0 Å². The lowest BCUT2D eigenvalue weighted by Gasteiger charge is -2.18. The fraction of sp³-hybridized carbons (Fsp3) is 0.133. The van der Waals surface area contributed by atoms with Crippen LogP contribution in [0.2, 0.25) is 0 Å². The molecular formula is C15H10N4O2S. The van der Waals surface area contributed by atoms with Gasteiger partial charge in [0, 0.05) is 4.88 Å². The first kappa shape index (κ1) is 12.9. The number of aromatic nitrogens is 3. The van der Waals surface area contributed by atoms with Crippen LogP contribution in [0.25, 0.3) is 21.0 Å². The molecule has 0 radical (unpaired) electrons. The monoisotopic (exact) mass is 310 g/mol. The molecule has 0 atom stereocenters. The summed E-state index contributed by atoms with van der Waals surface area (Å²) in [6.07, 6.45) is 0. The Morgan fingerprint density at radius 3 is 2.73 bits per heavy atom. The summed E-state index contributed by atoms with van der Waals surface area (Å²) < 4.78 is 11.1. The van der Waals surface area contributed by atoms with E-state index >= 15 is 0 Å². The summed E-state index contributed by atoms with van der Waals surface area (Å²) in [5.41, 5.74) is 1.93. The Hall–Kier alpha value is -2.85. The van der Waals surface area contributed by atoms with E-state index in [1.54, 1.807) is 11.3 Å². The van der Waals surface area contributed by atoms with E-state index in [0.29, 0.717) is 24.6 Å². The van der Waals surface area contributed by atoms with Gasteiger partial charge in [0.25, 0.3) is 0 Å². The maximum atomic E-state index is 9.03. The van der Waals surface area contributed by atoms with Crippen molar-refractivity contribution in [3.8, 4) is 38.6 Å². The predicted molar refractivity (Wildman–Crippen MR) is 80.8 cm³/mol. The lowest BCUT2D eigenvalue weighted by molar-refractivity contribution is 0.171. The molecule has 1 aromatic carbocycles. The maximum Gasteiger partial charge on any atom is 0.191 e. The number of rotatable bonds is 2. The Morgan fingerprint density at radius 1 is 1.05 bits per heavy atom. The Labute approximate surface area is 129 Å². The fourth-order valence-electron chi connectivity index (χ4n) is 2.30. The molecule has 1 N–H and O–H groups in total. The van der Waals surface area contributed by atoms with Gasteiger partial charge in [-0.3, -0.25) is 0 Å². The van der Waals surface area contributed by atoms with Crippen molar-refractivity contribution in [1.29, 1.82) is 5.26 Å². The third-order valence-electron chi connectivity index (χ3n) is 3.32. The summed E-state index contributed by atoms with van der Waals surface area (Å²) in [5.74, 6) is 1.54. The van der Waals surface area contributed by atoms with Gasteiger partial charge in [0.2, 0.25) is 0 Å². The van der Waals surface area contributed by atoms with Crippen molar-refractivity contribution in [2.24, 2.45) is 0 Å². The molecular weight excluding hydrogens is 300 g/mol. The first-order valence-corrected chi connectivity index (χ1v) is 7.48. The summed E-state index contributed by atoms with van der Waals surface area (Å²) in [6, 6.07) is 11.9. The number of ether oxygens (including phenoxy) is 2. The summed E-state index contributed by atoms with van der Waals surface area (Å²) in [5, 5.41) is 19.4. The van der Waals surface area contributed by atoms with Gasteiger partial charge in [-0.2, -0.15) is 15.6 Å². The van der Waals surface area contributed by atoms with Crippen molar-refractivity contribution in [2.45, 2.75) is 0 Å². The van der Waals surface area contributed by atoms with Crippen LogP contribution in [0.5, 0.6) is 11.5 Å². The summed E-state index contributed by atoms with van der Waals surface area (Å²) >= 11 is 1.55. The number of aromatic amines is 1. The minimum Gasteiger partial charge on any atom is -0.486 e. The van der Waals surface area contributed by atoms with E-state index in [4.69, 9.17) is 14.7 Å². The second kappa shape index (κ2) is 5.16. The van der Waals surface area contributed by atoms with Gasteiger partial charge in [-0.1, -0.05) is 0 Å². The average molecular weight is 310 g/mol. The second-order valence-corrected chi connectivity index (χ2v) is 5.74. The van der Waals surface area contributed by atoms with Crippen LogP contribution >= 0.6 is 11.3 Å². The fourth-order valence-corrected chi connectivity index (χ4v) is 3.29. The highest BCUT2D eigenvalue weighted by molar-refractivity contribution is 7.18. The molecule has 0 amide bonds. The average Bonchev–Trinajstić information content (AvgIpc) is 3.22. The van der Waals surface area contributed by atoms with Crippen molar-refractivity contribution in [1.82, 2.24) is 15.4 Å². The molecule has 1 aliphatic rings. The van der Waals surface area contributed by atoms with E-state index in [2.05, 4.69) is 15.4 Å². The normalized spacial score (nSPS) is 12.9. The lowest BCUT2D eigenvalue weighted by Crippen LogP contribution is -2.15. The van der Waals surface area contributed by atoms with E-state index in [1.165, 1.54) is 0 Å². The summed E-state index contributed by atoms with van der Waals surface area (Å²) in [6.45, 7) is 1.15. The number of nitriles is 1. The molecule has 3 heterocycles. The molecule has 0 fully saturated rings. The molecule has 4 rings (SSSR count). The molecule has 3 aromatic rings. The summed E-state index contributed by atoms with van der Waals surface area (Å²) in [4.78, 5) is 1.97. The topological polar surface area (TPSA) is 83.8 Å². The van der Waals surface area contributed by atoms with E-state index in [-0.39, 0.29) is 0 Å². The highest BCUT2D eigenvalue weighted by Gasteiger charge is 2.15. The molecule has 108 valence electrons. The van der Waals surface area contributed by atoms with Crippen LogP contribution in [0.3, 0.4) is 0 Å². The predicted octanol–water partition coefficient (Wildman–Crippen LogP) is 2.84. The molecule has 0 spiro atoms. The zero-order chi connectivity index (χ0) is 14.9. The number of H-pyrrole nitrogens is 1. The quantitative estimate of drug-likeness (QED) is 0.787. The van der Waals surface area contributed by atoms with Gasteiger partial charge in [0.05, 0.1) is 4.88 Å². The van der Waals surface area contributed by atoms with Gasteiger partial charge in [0.15, 0.2) is 17.2 Å². The van der Waals surface area contributed by atoms with Crippen molar-refractivity contribution in [3.63, 3.8) is 0 Å². The third-order valence-corrected chi connectivity index (χ3v) is 4.46. The standard InChI is InChI=1S/C15H10N4O2S/c16-8-10-15(18-19-17-10)14-4-3-13(22-14)9-1-2-11-12(7-9)21-6-5-20-11/h1-4,7H,5-6H2,(H,17,18,19). The number of benzene rings is 1. The lowest BCUT2D eigenvalue weighted by atomic mass is 10.1. The Morgan fingerprint density at radius 2 is 1.86 bits per heavy atom. The maximum absolute atomic E-state index is 9.03. The van der Waals surface area contributed by atoms with Crippen molar-refractivity contribution >= 4 is 11.3 Å². The van der Waals surface area contributed by atoms with Gasteiger partial charge >= 0.3 is 0 Å². The smallest absolute Gasteiger partial charge is 0.191 e. The molecule has 0 saturated heterocycles. The first-order valence-electron chi connectivity index (χ1n) is 6.66. The minimum atomic E-state index is 0.301. The van der Waals surface area contributed by atoms with Crippen LogP contribution in [0.1, 0.15) is 5.69 Å². The number of nitrogens with zero attached hydrogens (tertiary/aromatic N) is 3. The molecule has 2 aromatic heterocycles. The SMILES string of the molecule is N#Cc1n[nH]nc1-c1ccc(-c2ccc3c(c2)OCCO3)s1. The number of nitrogens with one attached hydrogen (secondary N) is 1. The van der Waals surface area contributed by atoms with Gasteiger partial charge in [-0.15, -0.1) is 16.4 Å². The van der Waals surface area contributed by atoms with E-state index in [0.717, 1.165) is 26.8 Å². The zero-order valence-electron chi connectivity index (χ0n) is 11.4. The highest BCUT2D eigenvalue weighted by Crippen LogP contribution is 2.39. The number of hydrogen-bond donors (Lipinski definition) is 1. The molecule has 7 heteroatoms. The zero-order valence-corrected chi connectivity index (χ0v) is 12.2. The van der Waals surface area contributed by atoms with E-state index in [1.807, 2.05) is 36.4 Å². The Kier molecular flexibility index (Phi) is 3.02.